The number of amides is 1. The molecule has 0 aromatic carbocycles. The van der Waals surface area contributed by atoms with E-state index in [1.165, 1.54) is 12.4 Å². The minimum absolute atomic E-state index is 0.00954. The molecule has 0 bridgehead atoms. The maximum atomic E-state index is 12.1. The Balaban J connectivity index is 1.88. The van der Waals surface area contributed by atoms with Gasteiger partial charge in [0.15, 0.2) is 0 Å². The van der Waals surface area contributed by atoms with Gasteiger partial charge in [-0.05, 0) is 25.9 Å². The molecule has 7 heteroatoms. The van der Waals surface area contributed by atoms with Crippen molar-refractivity contribution in [3.63, 3.8) is 0 Å². The van der Waals surface area contributed by atoms with E-state index in [1.807, 2.05) is 0 Å². The molecule has 1 aromatic rings. The molecule has 0 aliphatic carbocycles. The molecule has 1 aliphatic rings. The Morgan fingerprint density at radius 3 is 2.94 bits per heavy atom. The monoisotopic (exact) mass is 258 g/mol. The first kappa shape index (κ1) is 12.9. The number of hydrogen-bond acceptors (Lipinski definition) is 3. The number of halogens is 2. The van der Waals surface area contributed by atoms with Crippen LogP contribution in [0.5, 0.6) is 0 Å². The first-order valence-electron chi connectivity index (χ1n) is 5.97. The van der Waals surface area contributed by atoms with E-state index < -0.39 is 13.0 Å². The Labute approximate surface area is 104 Å². The van der Waals surface area contributed by atoms with Gasteiger partial charge in [-0.15, -0.1) is 0 Å². The maximum Gasteiger partial charge on any atom is 0.257 e. The number of alkyl halides is 2. The quantitative estimate of drug-likeness (QED) is 0.849. The summed E-state index contributed by atoms with van der Waals surface area (Å²) >= 11 is 0. The van der Waals surface area contributed by atoms with Crippen molar-refractivity contribution in [2.45, 2.75) is 25.8 Å². The third-order valence-electron chi connectivity index (χ3n) is 2.94. The highest BCUT2D eigenvalue weighted by atomic mass is 19.3. The zero-order valence-corrected chi connectivity index (χ0v) is 9.90. The molecule has 1 aromatic heterocycles. The number of nitrogens with one attached hydrogen (secondary N) is 2. The van der Waals surface area contributed by atoms with Gasteiger partial charge in [-0.25, -0.2) is 8.78 Å². The summed E-state index contributed by atoms with van der Waals surface area (Å²) < 4.78 is 25.4. The molecule has 1 amide bonds. The SMILES string of the molecule is O=C(Nc1cnn(CC(F)F)c1)C1CCNCC1. The molecule has 18 heavy (non-hydrogen) atoms. The zero-order valence-electron chi connectivity index (χ0n) is 9.90. The Hall–Kier alpha value is -1.50. The van der Waals surface area contributed by atoms with Gasteiger partial charge in [0.2, 0.25) is 5.91 Å². The van der Waals surface area contributed by atoms with Crippen molar-refractivity contribution < 1.29 is 13.6 Å². The van der Waals surface area contributed by atoms with E-state index in [9.17, 15) is 13.6 Å². The molecule has 2 rings (SSSR count). The van der Waals surface area contributed by atoms with E-state index in [-0.39, 0.29) is 11.8 Å². The molecule has 5 nitrogen and oxygen atoms in total. The van der Waals surface area contributed by atoms with Gasteiger partial charge >= 0.3 is 0 Å². The lowest BCUT2D eigenvalue weighted by Crippen LogP contribution is -2.34. The largest absolute Gasteiger partial charge is 0.323 e. The summed E-state index contributed by atoms with van der Waals surface area (Å²) in [6, 6.07) is 0. The fourth-order valence-electron chi connectivity index (χ4n) is 2.00. The molecule has 100 valence electrons. The minimum atomic E-state index is -2.45. The van der Waals surface area contributed by atoms with E-state index >= 15 is 0 Å². The summed E-state index contributed by atoms with van der Waals surface area (Å²) in [5.41, 5.74) is 0.471. The predicted molar refractivity (Wildman–Crippen MR) is 62.5 cm³/mol. The summed E-state index contributed by atoms with van der Waals surface area (Å²) in [6.07, 6.45) is 1.97. The van der Waals surface area contributed by atoms with Gasteiger partial charge in [0.05, 0.1) is 11.9 Å². The van der Waals surface area contributed by atoms with E-state index in [0.717, 1.165) is 30.6 Å². The minimum Gasteiger partial charge on any atom is -0.323 e. The molecule has 0 radical (unpaired) electrons. The third-order valence-corrected chi connectivity index (χ3v) is 2.94. The van der Waals surface area contributed by atoms with Crippen LogP contribution in [0.1, 0.15) is 12.8 Å². The number of hydrogen-bond donors (Lipinski definition) is 2. The van der Waals surface area contributed by atoms with Crippen LogP contribution in [-0.4, -0.2) is 35.2 Å². The van der Waals surface area contributed by atoms with Gasteiger partial charge in [0.25, 0.3) is 6.43 Å². The highest BCUT2D eigenvalue weighted by Crippen LogP contribution is 2.15. The van der Waals surface area contributed by atoms with Crippen LogP contribution in [0.15, 0.2) is 12.4 Å². The van der Waals surface area contributed by atoms with Gasteiger partial charge < -0.3 is 10.6 Å². The number of piperidine rings is 1. The molecule has 1 fully saturated rings. The average molecular weight is 258 g/mol. The smallest absolute Gasteiger partial charge is 0.257 e. The predicted octanol–water partition coefficient (Wildman–Crippen LogP) is 1.09. The molecule has 0 atom stereocenters. The molecular formula is C11H16F2N4O. The Kier molecular flexibility index (Phi) is 4.24. The van der Waals surface area contributed by atoms with Crippen LogP contribution in [-0.2, 0) is 11.3 Å². The highest BCUT2D eigenvalue weighted by molar-refractivity contribution is 5.92. The highest BCUT2D eigenvalue weighted by Gasteiger charge is 2.21. The normalized spacial score (nSPS) is 17.1. The lowest BCUT2D eigenvalue weighted by molar-refractivity contribution is -0.120. The number of nitrogens with zero attached hydrogens (tertiary/aromatic N) is 2. The molecule has 0 unspecified atom stereocenters. The second kappa shape index (κ2) is 5.90. The van der Waals surface area contributed by atoms with Crippen LogP contribution < -0.4 is 10.6 Å². The van der Waals surface area contributed by atoms with Crippen molar-refractivity contribution >= 4 is 11.6 Å². The molecule has 2 N–H and O–H groups in total. The van der Waals surface area contributed by atoms with Crippen LogP contribution in [0.2, 0.25) is 0 Å². The second-order valence-electron chi connectivity index (χ2n) is 4.36. The molecule has 0 spiro atoms. The van der Waals surface area contributed by atoms with Gasteiger partial charge in [-0.1, -0.05) is 0 Å². The molecule has 1 saturated heterocycles. The summed E-state index contributed by atoms with van der Waals surface area (Å²) in [5.74, 6) is -0.0715. The van der Waals surface area contributed by atoms with Gasteiger partial charge in [0, 0.05) is 12.1 Å². The van der Waals surface area contributed by atoms with E-state index in [4.69, 9.17) is 0 Å². The number of anilines is 1. The summed E-state index contributed by atoms with van der Waals surface area (Å²) in [4.78, 5) is 11.9. The lowest BCUT2D eigenvalue weighted by Gasteiger charge is -2.21. The lowest BCUT2D eigenvalue weighted by atomic mass is 9.97. The van der Waals surface area contributed by atoms with Crippen molar-refractivity contribution in [1.82, 2.24) is 15.1 Å². The average Bonchev–Trinajstić information content (AvgIpc) is 2.76. The van der Waals surface area contributed by atoms with Gasteiger partial charge in [-0.3, -0.25) is 9.48 Å². The molecule has 2 heterocycles. The Morgan fingerprint density at radius 1 is 1.56 bits per heavy atom. The topological polar surface area (TPSA) is 59.0 Å². The van der Waals surface area contributed by atoms with Crippen molar-refractivity contribution in [3.8, 4) is 0 Å². The Morgan fingerprint density at radius 2 is 2.28 bits per heavy atom. The maximum absolute atomic E-state index is 12.1. The second-order valence-corrected chi connectivity index (χ2v) is 4.36. The van der Waals surface area contributed by atoms with Crippen LogP contribution in [0.4, 0.5) is 14.5 Å². The number of aromatic nitrogens is 2. The summed E-state index contributed by atoms with van der Waals surface area (Å²) in [5, 5.41) is 9.65. The molecular weight excluding hydrogens is 242 g/mol. The van der Waals surface area contributed by atoms with Gasteiger partial charge in [-0.2, -0.15) is 5.10 Å². The van der Waals surface area contributed by atoms with E-state index in [0.29, 0.717) is 5.69 Å². The summed E-state index contributed by atoms with van der Waals surface area (Å²) in [6.45, 7) is 1.22. The third kappa shape index (κ3) is 3.49. The van der Waals surface area contributed by atoms with E-state index in [2.05, 4.69) is 15.7 Å². The zero-order chi connectivity index (χ0) is 13.0. The molecule has 1 aliphatic heterocycles. The van der Waals surface area contributed by atoms with Crippen molar-refractivity contribution in [1.29, 1.82) is 0 Å². The first-order valence-corrected chi connectivity index (χ1v) is 5.97. The van der Waals surface area contributed by atoms with Crippen LogP contribution in [0.25, 0.3) is 0 Å². The van der Waals surface area contributed by atoms with Crippen LogP contribution >= 0.6 is 0 Å². The van der Waals surface area contributed by atoms with Crippen molar-refractivity contribution in [2.24, 2.45) is 5.92 Å². The fourth-order valence-corrected chi connectivity index (χ4v) is 2.00. The number of carbonyl (C=O) groups excluding carboxylic acids is 1. The Bertz CT molecular complexity index is 402. The molecule has 0 saturated carbocycles. The van der Waals surface area contributed by atoms with Crippen LogP contribution in [0, 0.1) is 5.92 Å². The van der Waals surface area contributed by atoms with Crippen LogP contribution in [0.3, 0.4) is 0 Å². The fraction of sp³-hybridized carbons (Fsp3) is 0.636. The van der Waals surface area contributed by atoms with Gasteiger partial charge in [0.1, 0.15) is 6.54 Å². The number of rotatable bonds is 4. The van der Waals surface area contributed by atoms with E-state index in [1.54, 1.807) is 0 Å². The number of carbonyl (C=O) groups is 1. The van der Waals surface area contributed by atoms with Crippen molar-refractivity contribution in [2.75, 3.05) is 18.4 Å². The van der Waals surface area contributed by atoms with Crippen molar-refractivity contribution in [3.05, 3.63) is 12.4 Å². The first-order chi connectivity index (χ1) is 8.65. The summed E-state index contributed by atoms with van der Waals surface area (Å²) in [7, 11) is 0. The standard InChI is InChI=1S/C11H16F2N4O/c12-10(13)7-17-6-9(5-15-17)16-11(18)8-1-3-14-4-2-8/h5-6,8,10,14H,1-4,7H2,(H,16,18).